The largest absolute Gasteiger partial charge is 0.369 e. The molecule has 0 bridgehead atoms. The molecule has 7 heteroatoms. The van der Waals surface area contributed by atoms with E-state index in [-0.39, 0.29) is 5.69 Å². The van der Waals surface area contributed by atoms with Crippen molar-refractivity contribution in [2.75, 3.05) is 5.88 Å². The van der Waals surface area contributed by atoms with Crippen LogP contribution in [0.3, 0.4) is 0 Å². The zero-order valence-corrected chi connectivity index (χ0v) is 12.0. The van der Waals surface area contributed by atoms with Gasteiger partial charge in [-0.2, -0.15) is 0 Å². The molecule has 1 aliphatic rings. The molecule has 1 unspecified atom stereocenters. The van der Waals surface area contributed by atoms with Gasteiger partial charge in [-0.15, -0.1) is 11.6 Å². The molecule has 1 atom stereocenters. The van der Waals surface area contributed by atoms with Crippen LogP contribution in [0.4, 0.5) is 0 Å². The Bertz CT molecular complexity index is 608. The summed E-state index contributed by atoms with van der Waals surface area (Å²) >= 11 is 11.0. The van der Waals surface area contributed by atoms with Crippen molar-refractivity contribution in [1.82, 2.24) is 9.55 Å². The fourth-order valence-corrected chi connectivity index (χ4v) is 3.01. The summed E-state index contributed by atoms with van der Waals surface area (Å²) in [6.45, 7) is 0.492. The highest BCUT2D eigenvalue weighted by Gasteiger charge is 2.27. The van der Waals surface area contributed by atoms with E-state index in [1.54, 1.807) is 0 Å². The highest BCUT2D eigenvalue weighted by molar-refractivity contribution is 7.71. The molecule has 104 valence electrons. The number of nitrogens with two attached hydrogens (primary N) is 1. The van der Waals surface area contributed by atoms with Gasteiger partial charge in [-0.3, -0.25) is 9.36 Å². The number of carbonyl (C=O) groups excluding carboxylic acids is 1. The second-order valence-electron chi connectivity index (χ2n) is 4.67. The number of carbonyl (C=O) groups is 1. The van der Waals surface area contributed by atoms with Crippen LogP contribution in [0.25, 0.3) is 0 Å². The fraction of sp³-hybridized carbons (Fsp3) is 0.583. The third kappa shape index (κ3) is 2.74. The summed E-state index contributed by atoms with van der Waals surface area (Å²) in [6, 6.07) is 0. The molecule has 0 aliphatic heterocycles. The molecule has 1 aromatic heterocycles. The number of primary amides is 1. The number of nitrogens with zero attached hydrogens (tertiary/aromatic N) is 1. The number of rotatable bonds is 4. The number of aromatic nitrogens is 2. The maximum absolute atomic E-state index is 12.0. The number of halogens is 1. The van der Waals surface area contributed by atoms with E-state index < -0.39 is 11.8 Å². The fourth-order valence-electron chi connectivity index (χ4n) is 2.50. The van der Waals surface area contributed by atoms with Gasteiger partial charge in [-0.1, -0.05) is 12.2 Å². The molecular weight excluding hydrogens is 286 g/mol. The Morgan fingerprint density at radius 2 is 2.32 bits per heavy atom. The van der Waals surface area contributed by atoms with Crippen molar-refractivity contribution >= 4 is 29.7 Å². The third-order valence-electron chi connectivity index (χ3n) is 3.44. The molecular formula is C12H16ClN3O2S. The first-order chi connectivity index (χ1) is 9.06. The molecule has 5 nitrogen and oxygen atoms in total. The van der Waals surface area contributed by atoms with E-state index >= 15 is 0 Å². The smallest absolute Gasteiger partial charge is 0.326 e. The summed E-state index contributed by atoms with van der Waals surface area (Å²) in [5.74, 6) is -0.368. The molecule has 19 heavy (non-hydrogen) atoms. The zero-order valence-electron chi connectivity index (χ0n) is 10.4. The van der Waals surface area contributed by atoms with Crippen LogP contribution in [0.15, 0.2) is 4.79 Å². The van der Waals surface area contributed by atoms with Gasteiger partial charge in [0, 0.05) is 23.7 Å². The van der Waals surface area contributed by atoms with Gasteiger partial charge in [-0.25, -0.2) is 4.79 Å². The number of aromatic amines is 1. The van der Waals surface area contributed by atoms with Crippen LogP contribution in [-0.4, -0.2) is 21.3 Å². The Balaban J connectivity index is 2.54. The van der Waals surface area contributed by atoms with Crippen molar-refractivity contribution in [3.63, 3.8) is 0 Å². The number of fused-ring (bicyclic) bond motifs is 1. The van der Waals surface area contributed by atoms with E-state index in [0.29, 0.717) is 35.6 Å². The Morgan fingerprint density at radius 3 is 2.95 bits per heavy atom. The van der Waals surface area contributed by atoms with E-state index in [4.69, 9.17) is 29.6 Å². The minimum Gasteiger partial charge on any atom is -0.369 e. The number of alkyl halides is 1. The number of hydrogen-bond donors (Lipinski definition) is 2. The lowest BCUT2D eigenvalue weighted by molar-refractivity contribution is -0.119. The first-order valence-corrected chi connectivity index (χ1v) is 7.21. The Kier molecular flexibility index (Phi) is 4.42. The minimum atomic E-state index is -0.430. The highest BCUT2D eigenvalue weighted by atomic mass is 35.5. The van der Waals surface area contributed by atoms with Gasteiger partial charge in [0.2, 0.25) is 5.91 Å². The first kappa shape index (κ1) is 14.3. The molecule has 3 N–H and O–H groups in total. The van der Waals surface area contributed by atoms with E-state index in [1.807, 2.05) is 0 Å². The van der Waals surface area contributed by atoms with Crippen LogP contribution >= 0.6 is 23.8 Å². The standard InChI is InChI=1S/C12H16ClN3O2S/c13-5-2-6-16-11(19)8-4-1-3-7(10(14)17)9(8)15-12(16)18/h7H,1-6H2,(H2,14,17)(H,15,18). The molecule has 1 heterocycles. The molecule has 0 aromatic carbocycles. The Hall–Kier alpha value is -1.14. The van der Waals surface area contributed by atoms with Crippen LogP contribution < -0.4 is 11.4 Å². The van der Waals surface area contributed by atoms with Crippen molar-refractivity contribution in [1.29, 1.82) is 0 Å². The van der Waals surface area contributed by atoms with Gasteiger partial charge in [0.1, 0.15) is 4.64 Å². The molecule has 1 aliphatic carbocycles. The number of H-pyrrole nitrogens is 1. The third-order valence-corrected chi connectivity index (χ3v) is 4.18. The van der Waals surface area contributed by atoms with Crippen molar-refractivity contribution in [2.45, 2.75) is 38.1 Å². The maximum Gasteiger partial charge on any atom is 0.326 e. The molecule has 0 saturated carbocycles. The van der Waals surface area contributed by atoms with E-state index in [1.165, 1.54) is 4.57 Å². The Labute approximate surface area is 120 Å². The molecule has 2 rings (SSSR count). The van der Waals surface area contributed by atoms with Crippen molar-refractivity contribution in [2.24, 2.45) is 5.73 Å². The lowest BCUT2D eigenvalue weighted by Crippen LogP contribution is -2.33. The zero-order chi connectivity index (χ0) is 14.0. The topological polar surface area (TPSA) is 80.9 Å². The van der Waals surface area contributed by atoms with Crippen molar-refractivity contribution in [3.8, 4) is 0 Å². The van der Waals surface area contributed by atoms with Crippen molar-refractivity contribution < 1.29 is 4.79 Å². The monoisotopic (exact) mass is 301 g/mol. The molecule has 0 saturated heterocycles. The predicted octanol–water partition coefficient (Wildman–Crippen LogP) is 1.44. The van der Waals surface area contributed by atoms with Crippen LogP contribution in [0.5, 0.6) is 0 Å². The summed E-state index contributed by atoms with van der Waals surface area (Å²) in [5.41, 5.74) is 6.57. The van der Waals surface area contributed by atoms with E-state index in [9.17, 15) is 9.59 Å². The average Bonchev–Trinajstić information content (AvgIpc) is 2.37. The summed E-state index contributed by atoms with van der Waals surface area (Å²) in [6.07, 6.45) is 2.97. The average molecular weight is 302 g/mol. The lowest BCUT2D eigenvalue weighted by atomic mass is 9.87. The first-order valence-electron chi connectivity index (χ1n) is 6.27. The molecule has 1 amide bonds. The Morgan fingerprint density at radius 1 is 1.58 bits per heavy atom. The van der Waals surface area contributed by atoms with Gasteiger partial charge < -0.3 is 10.7 Å². The number of nitrogens with one attached hydrogen (secondary N) is 1. The molecule has 0 radical (unpaired) electrons. The van der Waals surface area contributed by atoms with Crippen LogP contribution in [0, 0.1) is 4.64 Å². The SMILES string of the molecule is NC(=O)C1CCCc2c1[nH]c(=O)n(CCCCl)c2=S. The molecule has 1 aromatic rings. The van der Waals surface area contributed by atoms with Gasteiger partial charge in [0.15, 0.2) is 0 Å². The molecule has 0 fully saturated rings. The summed E-state index contributed by atoms with van der Waals surface area (Å²) < 4.78 is 2.02. The summed E-state index contributed by atoms with van der Waals surface area (Å²) in [5, 5.41) is 0. The number of hydrogen-bond acceptors (Lipinski definition) is 3. The molecule has 0 spiro atoms. The number of amides is 1. The normalized spacial score (nSPS) is 18.1. The highest BCUT2D eigenvalue weighted by Crippen LogP contribution is 2.29. The van der Waals surface area contributed by atoms with E-state index in [2.05, 4.69) is 4.98 Å². The maximum atomic E-state index is 12.0. The van der Waals surface area contributed by atoms with Gasteiger partial charge in [0.25, 0.3) is 0 Å². The van der Waals surface area contributed by atoms with Gasteiger partial charge in [0.05, 0.1) is 5.92 Å². The quantitative estimate of drug-likeness (QED) is 0.652. The van der Waals surface area contributed by atoms with Crippen molar-refractivity contribution in [3.05, 3.63) is 26.4 Å². The lowest BCUT2D eigenvalue weighted by Gasteiger charge is -2.23. The summed E-state index contributed by atoms with van der Waals surface area (Å²) in [4.78, 5) is 26.2. The van der Waals surface area contributed by atoms with E-state index in [0.717, 1.165) is 18.4 Å². The van der Waals surface area contributed by atoms with Gasteiger partial charge >= 0.3 is 5.69 Å². The summed E-state index contributed by atoms with van der Waals surface area (Å²) in [7, 11) is 0. The van der Waals surface area contributed by atoms with Crippen LogP contribution in [-0.2, 0) is 17.8 Å². The van der Waals surface area contributed by atoms with Crippen LogP contribution in [0.2, 0.25) is 0 Å². The van der Waals surface area contributed by atoms with Crippen LogP contribution in [0.1, 0.15) is 36.4 Å². The second kappa shape index (κ2) is 5.88. The minimum absolute atomic E-state index is 0.290. The second-order valence-corrected chi connectivity index (χ2v) is 5.43. The van der Waals surface area contributed by atoms with Gasteiger partial charge in [-0.05, 0) is 25.7 Å². The predicted molar refractivity (Wildman–Crippen MR) is 76.1 cm³/mol.